The van der Waals surface area contributed by atoms with Crippen molar-refractivity contribution in [2.24, 2.45) is 0 Å². The van der Waals surface area contributed by atoms with Crippen molar-refractivity contribution >= 4 is 38.1 Å². The van der Waals surface area contributed by atoms with Crippen molar-refractivity contribution in [1.82, 2.24) is 0 Å². The molecule has 0 N–H and O–H groups in total. The molecule has 0 radical (unpaired) electrons. The van der Waals surface area contributed by atoms with Gasteiger partial charge in [-0.1, -0.05) is 0 Å². The van der Waals surface area contributed by atoms with E-state index in [0.29, 0.717) is 0 Å². The third-order valence-electron chi connectivity index (χ3n) is 0. The van der Waals surface area contributed by atoms with Crippen molar-refractivity contribution in [1.29, 1.82) is 0 Å². The summed E-state index contributed by atoms with van der Waals surface area (Å²) in [5.41, 5.74) is 0. The predicted octanol–water partition coefficient (Wildman–Crippen LogP) is -3.24. The fraction of sp³-hybridized carbons (Fsp3) is 0. The van der Waals surface area contributed by atoms with Crippen molar-refractivity contribution in [3.63, 3.8) is 0 Å². The van der Waals surface area contributed by atoms with Crippen LogP contribution < -0.4 is 103 Å². The van der Waals surface area contributed by atoms with E-state index < -0.39 is 11.5 Å². The Hall–Kier alpha value is 5.10. The largest absolute Gasteiger partial charge is 1.00 e. The van der Waals surface area contributed by atoms with Gasteiger partial charge in [0.05, 0.1) is 0 Å². The molecule has 0 atom stereocenters. The van der Waals surface area contributed by atoms with Gasteiger partial charge in [-0.2, -0.15) is 0 Å². The van der Waals surface area contributed by atoms with Crippen molar-refractivity contribution in [3.8, 4) is 0 Å². The van der Waals surface area contributed by atoms with Crippen LogP contribution in [0.3, 0.4) is 0 Å². The van der Waals surface area contributed by atoms with Crippen molar-refractivity contribution in [3.05, 3.63) is 0 Å². The van der Waals surface area contributed by atoms with Gasteiger partial charge in [-0.15, -0.1) is 0 Å². The van der Waals surface area contributed by atoms with Crippen molar-refractivity contribution < 1.29 is 114 Å². The normalized spacial score (nSPS) is 10.9. The molecular formula is Cl4K2Pd+2. The van der Waals surface area contributed by atoms with Crippen LogP contribution in [0.2, 0.25) is 0 Å². The van der Waals surface area contributed by atoms with Crippen LogP contribution in [0, 0.1) is 0 Å². The van der Waals surface area contributed by atoms with Crippen LogP contribution in [0.1, 0.15) is 0 Å². The quantitative estimate of drug-likeness (QED) is 0.411. The Morgan fingerprint density at radius 2 is 0.714 bits per heavy atom. The second-order valence-corrected chi connectivity index (χ2v) is 14.4. The number of halogens is 4. The third kappa shape index (κ3) is 35.4. The summed E-state index contributed by atoms with van der Waals surface area (Å²) in [4.78, 5) is 0. The molecule has 7 heavy (non-hydrogen) atoms. The average Bonchev–Trinajstić information content (AvgIpc) is 0.722. The van der Waals surface area contributed by atoms with E-state index in [-0.39, 0.29) is 103 Å². The summed E-state index contributed by atoms with van der Waals surface area (Å²) >= 11 is -2.81. The van der Waals surface area contributed by atoms with Crippen LogP contribution in [0.4, 0.5) is 0 Å². The zero-order chi connectivity index (χ0) is 4.50. The molecule has 0 aliphatic rings. The van der Waals surface area contributed by atoms with Gasteiger partial charge < -0.3 is 0 Å². The van der Waals surface area contributed by atoms with Crippen molar-refractivity contribution in [2.75, 3.05) is 0 Å². The predicted molar refractivity (Wildman–Crippen MR) is 23.4 cm³/mol. The molecule has 0 aromatic carbocycles. The van der Waals surface area contributed by atoms with E-state index in [4.69, 9.17) is 38.1 Å². The molecule has 0 aliphatic heterocycles. The zero-order valence-corrected chi connectivity index (χ0v) is 14.7. The molecule has 0 fully saturated rings. The maximum Gasteiger partial charge on any atom is 1.00 e. The van der Waals surface area contributed by atoms with Crippen LogP contribution in [0.5, 0.6) is 0 Å². The van der Waals surface area contributed by atoms with Crippen LogP contribution in [0.25, 0.3) is 0 Å². The molecule has 0 aromatic heterocycles. The Labute approximate surface area is 147 Å². The maximum absolute atomic E-state index is 4.98. The van der Waals surface area contributed by atoms with Crippen LogP contribution >= 0.6 is 38.1 Å². The van der Waals surface area contributed by atoms with E-state index in [9.17, 15) is 0 Å². The summed E-state index contributed by atoms with van der Waals surface area (Å²) in [6.07, 6.45) is 0. The van der Waals surface area contributed by atoms with E-state index >= 15 is 0 Å². The minimum absolute atomic E-state index is 0. The summed E-state index contributed by atoms with van der Waals surface area (Å²) < 4.78 is 0. The zero-order valence-electron chi connectivity index (χ0n) is 3.83. The summed E-state index contributed by atoms with van der Waals surface area (Å²) in [6, 6.07) is 0. The Bertz CT molecular complexity index is 25.2. The first-order chi connectivity index (χ1) is 2.00. The molecular weight excluding hydrogens is 326 g/mol. The molecule has 0 spiro atoms. The van der Waals surface area contributed by atoms with Gasteiger partial charge in [-0.05, 0) is 0 Å². The summed E-state index contributed by atoms with van der Waals surface area (Å²) in [7, 11) is 19.9. The Balaban J connectivity index is -0.0000000800. The second kappa shape index (κ2) is 9.19. The monoisotopic (exact) mass is 324 g/mol. The molecule has 0 aliphatic carbocycles. The molecule has 38 valence electrons. The van der Waals surface area contributed by atoms with E-state index in [1.54, 1.807) is 0 Å². The average molecular weight is 326 g/mol. The smallest absolute Gasteiger partial charge is 1.00 e. The summed E-state index contributed by atoms with van der Waals surface area (Å²) in [5, 5.41) is 0. The summed E-state index contributed by atoms with van der Waals surface area (Å²) in [6.45, 7) is 0. The Kier molecular flexibility index (Phi) is 23.6. The first-order valence-corrected chi connectivity index (χ1v) is 8.49. The maximum atomic E-state index is 4.98. The van der Waals surface area contributed by atoms with Gasteiger partial charge in [-0.3, -0.25) is 0 Å². The molecule has 0 saturated heterocycles. The number of hydrogen-bond acceptors (Lipinski definition) is 0. The van der Waals surface area contributed by atoms with Gasteiger partial charge in [0.2, 0.25) is 0 Å². The first-order valence-electron chi connectivity index (χ1n) is 0.478. The molecule has 0 bridgehead atoms. The summed E-state index contributed by atoms with van der Waals surface area (Å²) in [5.74, 6) is 0. The van der Waals surface area contributed by atoms with Crippen LogP contribution in [-0.2, 0) is 11.5 Å². The minimum atomic E-state index is -2.81. The molecule has 0 unspecified atom stereocenters. The topological polar surface area (TPSA) is 0 Å². The fourth-order valence-electron chi connectivity index (χ4n) is 0. The molecule has 0 amide bonds. The standard InChI is InChI=1S/4ClH.2K.Pd/h4*1H;;;/q;;;;2*+1;+4/p-4. The molecule has 7 heteroatoms. The van der Waals surface area contributed by atoms with Gasteiger partial charge in [0, 0.05) is 0 Å². The third-order valence-corrected chi connectivity index (χ3v) is 0. The van der Waals surface area contributed by atoms with E-state index in [0.717, 1.165) is 0 Å². The van der Waals surface area contributed by atoms with Gasteiger partial charge in [0.15, 0.2) is 0 Å². The minimum Gasteiger partial charge on any atom is 1.00 e. The van der Waals surface area contributed by atoms with Gasteiger partial charge >= 0.3 is 152 Å². The second-order valence-electron chi connectivity index (χ2n) is 0.271. The van der Waals surface area contributed by atoms with E-state index in [2.05, 4.69) is 0 Å². The van der Waals surface area contributed by atoms with E-state index in [1.807, 2.05) is 0 Å². The Morgan fingerprint density at radius 3 is 0.714 bits per heavy atom. The van der Waals surface area contributed by atoms with Gasteiger partial charge in [0.1, 0.15) is 0 Å². The molecule has 0 nitrogen and oxygen atoms in total. The van der Waals surface area contributed by atoms with Gasteiger partial charge in [-0.25, -0.2) is 0 Å². The van der Waals surface area contributed by atoms with E-state index in [1.165, 1.54) is 0 Å². The number of rotatable bonds is 0. The fourth-order valence-corrected chi connectivity index (χ4v) is 0. The van der Waals surface area contributed by atoms with Crippen LogP contribution in [-0.4, -0.2) is 0 Å². The SMILES string of the molecule is [Cl][Pd]([Cl])([Cl])[Cl].[K+].[K+]. The van der Waals surface area contributed by atoms with Crippen molar-refractivity contribution in [2.45, 2.75) is 0 Å². The van der Waals surface area contributed by atoms with Crippen LogP contribution in [0.15, 0.2) is 0 Å². The van der Waals surface area contributed by atoms with Gasteiger partial charge in [0.25, 0.3) is 0 Å². The Morgan fingerprint density at radius 1 is 0.714 bits per heavy atom. The number of hydrogen-bond donors (Lipinski definition) is 0. The molecule has 0 heterocycles. The first kappa shape index (κ1) is 18.0. The molecule has 0 rings (SSSR count). The molecule has 0 saturated carbocycles. The molecule has 0 aromatic rings.